The number of ether oxygens (including phenoxy) is 3. The third-order valence-electron chi connectivity index (χ3n) is 3.11. The summed E-state index contributed by atoms with van der Waals surface area (Å²) in [5.74, 6) is 1.39. The minimum atomic E-state index is 0.344. The van der Waals surface area contributed by atoms with E-state index in [-0.39, 0.29) is 0 Å². The van der Waals surface area contributed by atoms with Crippen molar-refractivity contribution in [3.05, 3.63) is 22.7 Å². The Kier molecular flexibility index (Phi) is 5.31. The molecule has 1 aromatic rings. The zero-order valence-corrected chi connectivity index (χ0v) is 12.1. The quantitative estimate of drug-likeness (QED) is 0.872. The maximum Gasteiger partial charge on any atom is 0.179 e. The molecule has 1 atom stereocenters. The van der Waals surface area contributed by atoms with Crippen LogP contribution in [0.2, 0.25) is 5.02 Å². The molecule has 0 bridgehead atoms. The molecule has 1 aromatic carbocycles. The van der Waals surface area contributed by atoms with Crippen LogP contribution in [0.15, 0.2) is 12.1 Å². The largest absolute Gasteiger partial charge is 0.486 e. The van der Waals surface area contributed by atoms with Gasteiger partial charge in [-0.1, -0.05) is 18.5 Å². The first-order chi connectivity index (χ1) is 9.24. The fraction of sp³-hybridized carbons (Fsp3) is 0.571. The van der Waals surface area contributed by atoms with E-state index in [2.05, 4.69) is 12.2 Å². The van der Waals surface area contributed by atoms with Crippen LogP contribution in [0, 0.1) is 0 Å². The molecule has 4 nitrogen and oxygen atoms in total. The van der Waals surface area contributed by atoms with E-state index < -0.39 is 0 Å². The van der Waals surface area contributed by atoms with Crippen molar-refractivity contribution in [3.63, 3.8) is 0 Å². The van der Waals surface area contributed by atoms with Crippen LogP contribution in [0.5, 0.6) is 11.5 Å². The van der Waals surface area contributed by atoms with E-state index in [0.717, 1.165) is 24.3 Å². The van der Waals surface area contributed by atoms with Crippen molar-refractivity contribution < 1.29 is 14.2 Å². The normalized spacial score (nSPS) is 15.3. The van der Waals surface area contributed by atoms with Gasteiger partial charge in [-0.25, -0.2) is 0 Å². The van der Waals surface area contributed by atoms with Gasteiger partial charge in [-0.15, -0.1) is 0 Å². The van der Waals surface area contributed by atoms with Crippen LogP contribution >= 0.6 is 11.6 Å². The molecule has 1 aliphatic heterocycles. The predicted octanol–water partition coefficient (Wildman–Crippen LogP) is 2.63. The highest BCUT2D eigenvalue weighted by Gasteiger charge is 2.16. The molecule has 2 rings (SSSR count). The van der Waals surface area contributed by atoms with Gasteiger partial charge in [0.2, 0.25) is 0 Å². The second-order valence-electron chi connectivity index (χ2n) is 4.54. The molecular weight excluding hydrogens is 266 g/mol. The van der Waals surface area contributed by atoms with Crippen molar-refractivity contribution in [2.24, 2.45) is 0 Å². The molecule has 1 aliphatic rings. The lowest BCUT2D eigenvalue weighted by molar-refractivity contribution is 0.163. The number of hydrogen-bond acceptors (Lipinski definition) is 4. The standard InChI is InChI=1S/C14H20ClNO3/c1-3-11(9-17-2)16-8-10-6-12(15)14-13(7-10)18-4-5-19-14/h6-7,11,16H,3-5,8-9H2,1-2H3. The molecule has 5 heteroatoms. The van der Waals surface area contributed by atoms with E-state index in [4.69, 9.17) is 25.8 Å². The first kappa shape index (κ1) is 14.4. The van der Waals surface area contributed by atoms with Gasteiger partial charge >= 0.3 is 0 Å². The fourth-order valence-corrected chi connectivity index (χ4v) is 2.34. The van der Waals surface area contributed by atoms with Crippen molar-refractivity contribution in [3.8, 4) is 11.5 Å². The van der Waals surface area contributed by atoms with Crippen LogP contribution in [-0.2, 0) is 11.3 Å². The van der Waals surface area contributed by atoms with Gasteiger partial charge < -0.3 is 19.5 Å². The lowest BCUT2D eigenvalue weighted by Crippen LogP contribution is -2.32. The Morgan fingerprint density at radius 1 is 1.37 bits per heavy atom. The molecule has 0 fully saturated rings. The van der Waals surface area contributed by atoms with E-state index in [0.29, 0.717) is 36.6 Å². The van der Waals surface area contributed by atoms with Gasteiger partial charge in [0.05, 0.1) is 11.6 Å². The van der Waals surface area contributed by atoms with Gasteiger partial charge in [-0.05, 0) is 24.1 Å². The van der Waals surface area contributed by atoms with Gasteiger partial charge in [0, 0.05) is 19.7 Å². The average molecular weight is 286 g/mol. The molecule has 0 amide bonds. The number of rotatable bonds is 6. The Bertz CT molecular complexity index is 425. The van der Waals surface area contributed by atoms with Gasteiger partial charge in [0.25, 0.3) is 0 Å². The van der Waals surface area contributed by atoms with Crippen molar-refractivity contribution in [1.82, 2.24) is 5.32 Å². The highest BCUT2D eigenvalue weighted by atomic mass is 35.5. The molecule has 1 unspecified atom stereocenters. The second-order valence-corrected chi connectivity index (χ2v) is 4.95. The first-order valence-corrected chi connectivity index (χ1v) is 6.92. The molecule has 106 valence electrons. The lowest BCUT2D eigenvalue weighted by Gasteiger charge is -2.21. The summed E-state index contributed by atoms with van der Waals surface area (Å²) in [4.78, 5) is 0. The molecule has 1 heterocycles. The number of fused-ring (bicyclic) bond motifs is 1. The molecule has 0 aliphatic carbocycles. The van der Waals surface area contributed by atoms with E-state index in [1.54, 1.807) is 7.11 Å². The third-order valence-corrected chi connectivity index (χ3v) is 3.39. The summed E-state index contributed by atoms with van der Waals surface area (Å²) < 4.78 is 16.2. The Balaban J connectivity index is 2.02. The lowest BCUT2D eigenvalue weighted by atomic mass is 10.1. The molecule has 0 aromatic heterocycles. The second kappa shape index (κ2) is 6.98. The van der Waals surface area contributed by atoms with E-state index in [9.17, 15) is 0 Å². The monoisotopic (exact) mass is 285 g/mol. The van der Waals surface area contributed by atoms with Crippen molar-refractivity contribution >= 4 is 11.6 Å². The fourth-order valence-electron chi connectivity index (χ4n) is 2.05. The molecular formula is C14H20ClNO3. The van der Waals surface area contributed by atoms with Crippen LogP contribution in [0.25, 0.3) is 0 Å². The summed E-state index contributed by atoms with van der Waals surface area (Å²) >= 11 is 6.20. The summed E-state index contributed by atoms with van der Waals surface area (Å²) in [6.07, 6.45) is 1.02. The average Bonchev–Trinajstić information content (AvgIpc) is 2.43. The highest BCUT2D eigenvalue weighted by Crippen LogP contribution is 2.38. The molecule has 0 spiro atoms. The zero-order chi connectivity index (χ0) is 13.7. The minimum absolute atomic E-state index is 0.344. The Morgan fingerprint density at radius 2 is 2.16 bits per heavy atom. The molecule has 0 saturated carbocycles. The van der Waals surface area contributed by atoms with Gasteiger partial charge in [-0.3, -0.25) is 0 Å². The van der Waals surface area contributed by atoms with E-state index in [1.165, 1.54) is 0 Å². The maximum atomic E-state index is 6.20. The number of methoxy groups -OCH3 is 1. The molecule has 1 N–H and O–H groups in total. The smallest absolute Gasteiger partial charge is 0.179 e. The highest BCUT2D eigenvalue weighted by molar-refractivity contribution is 6.32. The maximum absolute atomic E-state index is 6.20. The molecule has 19 heavy (non-hydrogen) atoms. The van der Waals surface area contributed by atoms with Crippen LogP contribution < -0.4 is 14.8 Å². The summed E-state index contributed by atoms with van der Waals surface area (Å²) in [5.41, 5.74) is 1.09. The van der Waals surface area contributed by atoms with Crippen molar-refractivity contribution in [2.45, 2.75) is 25.9 Å². The summed E-state index contributed by atoms with van der Waals surface area (Å²) in [6.45, 7) is 4.69. The third kappa shape index (κ3) is 3.75. The van der Waals surface area contributed by atoms with Gasteiger partial charge in [0.15, 0.2) is 11.5 Å². The molecule has 0 saturated heterocycles. The Hall–Kier alpha value is -0.970. The van der Waals surface area contributed by atoms with Crippen LogP contribution in [0.3, 0.4) is 0 Å². The number of halogens is 1. The summed E-state index contributed by atoms with van der Waals surface area (Å²) in [6, 6.07) is 4.24. The van der Waals surface area contributed by atoms with Gasteiger partial charge in [-0.2, -0.15) is 0 Å². The van der Waals surface area contributed by atoms with Gasteiger partial charge in [0.1, 0.15) is 13.2 Å². The molecule has 0 radical (unpaired) electrons. The van der Waals surface area contributed by atoms with Crippen LogP contribution in [0.4, 0.5) is 0 Å². The predicted molar refractivity (Wildman–Crippen MR) is 75.2 cm³/mol. The number of hydrogen-bond donors (Lipinski definition) is 1. The summed E-state index contributed by atoms with van der Waals surface area (Å²) in [7, 11) is 1.71. The van der Waals surface area contributed by atoms with Crippen molar-refractivity contribution in [1.29, 1.82) is 0 Å². The Labute approximate surface area is 119 Å². The van der Waals surface area contributed by atoms with E-state index in [1.807, 2.05) is 12.1 Å². The van der Waals surface area contributed by atoms with Crippen LogP contribution in [0.1, 0.15) is 18.9 Å². The minimum Gasteiger partial charge on any atom is -0.486 e. The van der Waals surface area contributed by atoms with Crippen LogP contribution in [-0.4, -0.2) is 33.0 Å². The number of benzene rings is 1. The topological polar surface area (TPSA) is 39.7 Å². The van der Waals surface area contributed by atoms with E-state index >= 15 is 0 Å². The van der Waals surface area contributed by atoms with Crippen molar-refractivity contribution in [2.75, 3.05) is 26.9 Å². The summed E-state index contributed by atoms with van der Waals surface area (Å²) in [5, 5.41) is 4.05. The Morgan fingerprint density at radius 3 is 2.89 bits per heavy atom. The zero-order valence-electron chi connectivity index (χ0n) is 11.4. The SMILES string of the molecule is CCC(COC)NCc1cc(Cl)c2c(c1)OCCO2. The first-order valence-electron chi connectivity index (χ1n) is 6.55. The number of nitrogens with one attached hydrogen (secondary N) is 1.